The first-order chi connectivity index (χ1) is 8.93. The fourth-order valence-electron chi connectivity index (χ4n) is 1.40. The van der Waals surface area contributed by atoms with Crippen LogP contribution in [0, 0.1) is 0 Å². The maximum Gasteiger partial charge on any atom is 0.326 e. The van der Waals surface area contributed by atoms with Gasteiger partial charge in [-0.25, -0.2) is 4.79 Å². The van der Waals surface area contributed by atoms with Crippen LogP contribution in [0.1, 0.15) is 20.3 Å². The molecular formula is C13H16BrNO4. The van der Waals surface area contributed by atoms with Crippen molar-refractivity contribution in [3.05, 3.63) is 28.7 Å². The first-order valence-corrected chi connectivity index (χ1v) is 6.68. The van der Waals surface area contributed by atoms with Crippen molar-refractivity contribution < 1.29 is 19.4 Å². The Kier molecular flexibility index (Phi) is 5.82. The summed E-state index contributed by atoms with van der Waals surface area (Å²) in [5, 5.41) is 11.3. The minimum atomic E-state index is -1.05. The monoisotopic (exact) mass is 329 g/mol. The van der Waals surface area contributed by atoms with Gasteiger partial charge in [0.1, 0.15) is 11.8 Å². The highest BCUT2D eigenvalue weighted by molar-refractivity contribution is 9.10. The number of carbonyl (C=O) groups excluding carboxylic acids is 1. The van der Waals surface area contributed by atoms with Crippen molar-refractivity contribution in [2.45, 2.75) is 32.4 Å². The summed E-state index contributed by atoms with van der Waals surface area (Å²) >= 11 is 3.30. The molecule has 19 heavy (non-hydrogen) atoms. The molecule has 0 spiro atoms. The van der Waals surface area contributed by atoms with E-state index in [0.29, 0.717) is 12.2 Å². The molecule has 0 fully saturated rings. The van der Waals surface area contributed by atoms with E-state index in [9.17, 15) is 9.59 Å². The quantitative estimate of drug-likeness (QED) is 0.838. The minimum absolute atomic E-state index is 0.325. The van der Waals surface area contributed by atoms with E-state index in [2.05, 4.69) is 21.2 Å². The number of carboxylic acid groups (broad SMARTS) is 1. The molecular weight excluding hydrogens is 314 g/mol. The Balaban J connectivity index is 2.57. The van der Waals surface area contributed by atoms with E-state index in [1.807, 2.05) is 0 Å². The summed E-state index contributed by atoms with van der Waals surface area (Å²) in [6, 6.07) is 6.16. The Morgan fingerprint density at radius 3 is 2.42 bits per heavy atom. The third-order valence-electron chi connectivity index (χ3n) is 2.52. The maximum absolute atomic E-state index is 11.8. The molecule has 0 aliphatic rings. The topological polar surface area (TPSA) is 75.6 Å². The lowest BCUT2D eigenvalue weighted by Crippen LogP contribution is -2.45. The number of nitrogens with one attached hydrogen (secondary N) is 1. The average Bonchev–Trinajstić information content (AvgIpc) is 2.37. The first kappa shape index (κ1) is 15.5. The maximum atomic E-state index is 11.8. The Morgan fingerprint density at radius 2 is 1.95 bits per heavy atom. The van der Waals surface area contributed by atoms with E-state index in [0.717, 1.165) is 4.47 Å². The normalized spacial score (nSPS) is 13.4. The van der Waals surface area contributed by atoms with Gasteiger partial charge in [0, 0.05) is 4.47 Å². The highest BCUT2D eigenvalue weighted by Crippen LogP contribution is 2.17. The lowest BCUT2D eigenvalue weighted by atomic mass is 10.2. The summed E-state index contributed by atoms with van der Waals surface area (Å²) in [6.45, 7) is 3.27. The van der Waals surface area contributed by atoms with Gasteiger partial charge in [-0.05, 0) is 37.6 Å². The van der Waals surface area contributed by atoms with Gasteiger partial charge in [-0.2, -0.15) is 0 Å². The van der Waals surface area contributed by atoms with Gasteiger partial charge in [0.25, 0.3) is 5.91 Å². The number of carbonyl (C=O) groups is 2. The van der Waals surface area contributed by atoms with Crippen LogP contribution in [-0.4, -0.2) is 29.1 Å². The van der Waals surface area contributed by atoms with Crippen LogP contribution in [0.5, 0.6) is 5.75 Å². The van der Waals surface area contributed by atoms with Gasteiger partial charge < -0.3 is 15.2 Å². The van der Waals surface area contributed by atoms with Crippen LogP contribution in [0.3, 0.4) is 0 Å². The van der Waals surface area contributed by atoms with E-state index in [1.165, 1.54) is 0 Å². The molecule has 1 rings (SSSR count). The summed E-state index contributed by atoms with van der Waals surface area (Å²) in [6.07, 6.45) is -0.430. The van der Waals surface area contributed by atoms with Crippen LogP contribution in [0.4, 0.5) is 0 Å². The molecule has 104 valence electrons. The van der Waals surface area contributed by atoms with Crippen molar-refractivity contribution >= 4 is 27.8 Å². The lowest BCUT2D eigenvalue weighted by Gasteiger charge is -2.17. The number of benzene rings is 1. The summed E-state index contributed by atoms with van der Waals surface area (Å²) in [7, 11) is 0. The molecule has 2 N–H and O–H groups in total. The molecule has 1 aromatic carbocycles. The van der Waals surface area contributed by atoms with Gasteiger partial charge in [-0.15, -0.1) is 0 Å². The Morgan fingerprint density at radius 1 is 1.37 bits per heavy atom. The molecule has 0 aliphatic carbocycles. The van der Waals surface area contributed by atoms with Crippen LogP contribution in [0.25, 0.3) is 0 Å². The van der Waals surface area contributed by atoms with E-state index in [-0.39, 0.29) is 0 Å². The fraction of sp³-hybridized carbons (Fsp3) is 0.385. The largest absolute Gasteiger partial charge is 0.481 e. The SMILES string of the molecule is CCC(NC(=O)C(C)Oc1ccc(Br)cc1)C(=O)O. The number of ether oxygens (including phenoxy) is 1. The van der Waals surface area contributed by atoms with E-state index in [4.69, 9.17) is 9.84 Å². The molecule has 0 heterocycles. The zero-order valence-corrected chi connectivity index (χ0v) is 12.3. The van der Waals surface area contributed by atoms with E-state index in [1.54, 1.807) is 38.1 Å². The molecule has 1 amide bonds. The van der Waals surface area contributed by atoms with Gasteiger partial charge in [0.2, 0.25) is 0 Å². The minimum Gasteiger partial charge on any atom is -0.481 e. The predicted octanol–water partition coefficient (Wildman–Crippen LogP) is 2.20. The van der Waals surface area contributed by atoms with Gasteiger partial charge in [0.05, 0.1) is 0 Å². The lowest BCUT2D eigenvalue weighted by molar-refractivity contribution is -0.143. The second-order valence-electron chi connectivity index (χ2n) is 4.02. The number of carboxylic acids is 1. The van der Waals surface area contributed by atoms with Crippen molar-refractivity contribution in [3.8, 4) is 5.75 Å². The van der Waals surface area contributed by atoms with Crippen LogP contribution in [0.2, 0.25) is 0 Å². The van der Waals surface area contributed by atoms with E-state index < -0.39 is 24.0 Å². The number of hydrogen-bond donors (Lipinski definition) is 2. The fourth-order valence-corrected chi connectivity index (χ4v) is 1.66. The summed E-state index contributed by atoms with van der Waals surface area (Å²) < 4.78 is 6.34. The standard InChI is InChI=1S/C13H16BrNO4/c1-3-11(13(17)18)15-12(16)8(2)19-10-6-4-9(14)5-7-10/h4-8,11H,3H2,1-2H3,(H,15,16)(H,17,18). The second-order valence-corrected chi connectivity index (χ2v) is 4.94. The van der Waals surface area contributed by atoms with Crippen LogP contribution >= 0.6 is 15.9 Å². The third kappa shape index (κ3) is 4.90. The van der Waals surface area contributed by atoms with Crippen LogP contribution < -0.4 is 10.1 Å². The first-order valence-electron chi connectivity index (χ1n) is 5.89. The Hall–Kier alpha value is -1.56. The average molecular weight is 330 g/mol. The van der Waals surface area contributed by atoms with Crippen molar-refractivity contribution in [3.63, 3.8) is 0 Å². The van der Waals surface area contributed by atoms with Crippen LogP contribution in [-0.2, 0) is 9.59 Å². The molecule has 5 nitrogen and oxygen atoms in total. The molecule has 6 heteroatoms. The highest BCUT2D eigenvalue weighted by atomic mass is 79.9. The number of halogens is 1. The van der Waals surface area contributed by atoms with Gasteiger partial charge in [0.15, 0.2) is 6.10 Å². The van der Waals surface area contributed by atoms with Gasteiger partial charge in [-0.1, -0.05) is 22.9 Å². The van der Waals surface area contributed by atoms with Crippen molar-refractivity contribution in [1.29, 1.82) is 0 Å². The number of amides is 1. The molecule has 0 saturated heterocycles. The summed E-state index contributed by atoms with van der Waals surface area (Å²) in [5.74, 6) is -0.946. The summed E-state index contributed by atoms with van der Waals surface area (Å²) in [5.41, 5.74) is 0. The molecule has 2 atom stereocenters. The van der Waals surface area contributed by atoms with Crippen LogP contribution in [0.15, 0.2) is 28.7 Å². The Labute approximate surface area is 120 Å². The number of aliphatic carboxylic acids is 1. The Bertz CT molecular complexity index is 446. The molecule has 0 aliphatic heterocycles. The van der Waals surface area contributed by atoms with Crippen molar-refractivity contribution in [2.75, 3.05) is 0 Å². The zero-order valence-electron chi connectivity index (χ0n) is 10.7. The molecule has 1 aromatic rings. The molecule has 0 aromatic heterocycles. The highest BCUT2D eigenvalue weighted by Gasteiger charge is 2.22. The predicted molar refractivity (Wildman–Crippen MR) is 74.1 cm³/mol. The molecule has 0 saturated carbocycles. The molecule has 0 radical (unpaired) electrons. The van der Waals surface area contributed by atoms with E-state index >= 15 is 0 Å². The van der Waals surface area contributed by atoms with Crippen molar-refractivity contribution in [2.24, 2.45) is 0 Å². The summed E-state index contributed by atoms with van der Waals surface area (Å²) in [4.78, 5) is 22.6. The van der Waals surface area contributed by atoms with Gasteiger partial charge in [-0.3, -0.25) is 4.79 Å². The number of hydrogen-bond acceptors (Lipinski definition) is 3. The number of rotatable bonds is 6. The zero-order chi connectivity index (χ0) is 14.4. The molecule has 0 bridgehead atoms. The smallest absolute Gasteiger partial charge is 0.326 e. The second kappa shape index (κ2) is 7.13. The van der Waals surface area contributed by atoms with Gasteiger partial charge >= 0.3 is 5.97 Å². The molecule has 2 unspecified atom stereocenters. The van der Waals surface area contributed by atoms with Crippen molar-refractivity contribution in [1.82, 2.24) is 5.32 Å². The third-order valence-corrected chi connectivity index (χ3v) is 3.05.